The monoisotopic (exact) mass is 204 g/mol. The molecule has 0 spiro atoms. The molecule has 0 aromatic rings. The molecule has 1 saturated heterocycles. The molecule has 1 aliphatic heterocycles. The Morgan fingerprint density at radius 3 is 2.50 bits per heavy atom. The first-order valence-corrected chi connectivity index (χ1v) is 5.53. The smallest absolute Gasteiger partial charge is 0.158 e. The molecular weight excluding hydrogens is 186 g/mol. The summed E-state index contributed by atoms with van der Waals surface area (Å²) < 4.78 is 32.6. The van der Waals surface area contributed by atoms with Gasteiger partial charge in [-0.2, -0.15) is 0 Å². The van der Waals surface area contributed by atoms with Gasteiger partial charge in [-0.05, 0) is 38.0 Å². The average Bonchev–Trinajstić information content (AvgIpc) is 2.16. The Labute approximate surface area is 83.8 Å². The van der Waals surface area contributed by atoms with E-state index in [0.29, 0.717) is 0 Å². The van der Waals surface area contributed by atoms with Crippen LogP contribution in [-0.2, 0) is 4.74 Å². The third-order valence-corrected chi connectivity index (χ3v) is 3.63. The molecular formula is C11H18F2O. The molecule has 0 aromatic heterocycles. The van der Waals surface area contributed by atoms with Crippen molar-refractivity contribution in [3.63, 3.8) is 0 Å². The van der Waals surface area contributed by atoms with Crippen LogP contribution in [0.1, 0.15) is 33.1 Å². The Morgan fingerprint density at radius 1 is 1.07 bits per heavy atom. The molecule has 6 atom stereocenters. The fourth-order valence-corrected chi connectivity index (χ4v) is 2.75. The number of ether oxygens (including phenoxy) is 1. The highest BCUT2D eigenvalue weighted by atomic mass is 19.2. The van der Waals surface area contributed by atoms with E-state index in [1.54, 1.807) is 6.92 Å². The quantitative estimate of drug-likeness (QED) is 0.589. The summed E-state index contributed by atoms with van der Waals surface area (Å²) >= 11 is 0. The van der Waals surface area contributed by atoms with Crippen molar-refractivity contribution < 1.29 is 13.5 Å². The van der Waals surface area contributed by atoms with E-state index in [9.17, 15) is 8.78 Å². The van der Waals surface area contributed by atoms with Crippen molar-refractivity contribution in [1.82, 2.24) is 0 Å². The second-order valence-electron chi connectivity index (χ2n) is 4.85. The molecule has 0 radical (unpaired) electrons. The summed E-state index contributed by atoms with van der Waals surface area (Å²) in [6, 6.07) is 0. The highest BCUT2D eigenvalue weighted by Gasteiger charge is 2.46. The predicted molar refractivity (Wildman–Crippen MR) is 50.6 cm³/mol. The number of hydrogen-bond acceptors (Lipinski definition) is 1. The van der Waals surface area contributed by atoms with Gasteiger partial charge in [-0.1, -0.05) is 6.92 Å². The van der Waals surface area contributed by atoms with Crippen molar-refractivity contribution in [1.29, 1.82) is 0 Å². The van der Waals surface area contributed by atoms with E-state index in [-0.39, 0.29) is 17.9 Å². The molecule has 0 N–H and O–H groups in total. The van der Waals surface area contributed by atoms with E-state index in [1.165, 1.54) is 0 Å². The van der Waals surface area contributed by atoms with E-state index in [1.807, 2.05) is 6.92 Å². The van der Waals surface area contributed by atoms with Crippen molar-refractivity contribution >= 4 is 0 Å². The first kappa shape index (κ1) is 10.3. The van der Waals surface area contributed by atoms with Crippen LogP contribution in [0, 0.1) is 11.8 Å². The molecule has 1 nitrogen and oxygen atoms in total. The Bertz CT molecular complexity index is 207. The number of alkyl halides is 2. The van der Waals surface area contributed by atoms with Crippen LogP contribution in [0.3, 0.4) is 0 Å². The molecule has 3 heteroatoms. The zero-order valence-electron chi connectivity index (χ0n) is 8.75. The Kier molecular flexibility index (Phi) is 2.78. The molecule has 0 bridgehead atoms. The molecule has 2 aliphatic rings. The Morgan fingerprint density at radius 2 is 1.79 bits per heavy atom. The fourth-order valence-electron chi connectivity index (χ4n) is 2.75. The molecule has 0 amide bonds. The van der Waals surface area contributed by atoms with E-state index >= 15 is 0 Å². The van der Waals surface area contributed by atoms with Gasteiger partial charge in [0, 0.05) is 0 Å². The maximum Gasteiger partial charge on any atom is 0.158 e. The molecule has 6 unspecified atom stereocenters. The van der Waals surface area contributed by atoms with Crippen molar-refractivity contribution in [2.24, 2.45) is 11.8 Å². The van der Waals surface area contributed by atoms with Gasteiger partial charge in [0.2, 0.25) is 0 Å². The van der Waals surface area contributed by atoms with E-state index in [2.05, 4.69) is 0 Å². The summed E-state index contributed by atoms with van der Waals surface area (Å²) in [4.78, 5) is 0. The highest BCUT2D eigenvalue weighted by Crippen LogP contribution is 2.41. The van der Waals surface area contributed by atoms with Crippen molar-refractivity contribution in [2.75, 3.05) is 0 Å². The number of rotatable bonds is 0. The third-order valence-electron chi connectivity index (χ3n) is 3.63. The number of halogens is 2. The van der Waals surface area contributed by atoms with Gasteiger partial charge in [-0.3, -0.25) is 0 Å². The zero-order chi connectivity index (χ0) is 10.3. The molecule has 1 heterocycles. The molecule has 14 heavy (non-hydrogen) atoms. The molecule has 0 aromatic carbocycles. The summed E-state index contributed by atoms with van der Waals surface area (Å²) in [5.74, 6) is 0.0893. The second kappa shape index (κ2) is 3.76. The minimum atomic E-state index is -1.41. The van der Waals surface area contributed by atoms with Crippen LogP contribution in [0.2, 0.25) is 0 Å². The molecule has 2 fully saturated rings. The van der Waals surface area contributed by atoms with Crippen LogP contribution in [0.15, 0.2) is 0 Å². The zero-order valence-corrected chi connectivity index (χ0v) is 8.75. The van der Waals surface area contributed by atoms with Crippen LogP contribution in [0.5, 0.6) is 0 Å². The lowest BCUT2D eigenvalue weighted by molar-refractivity contribution is -0.154. The summed E-state index contributed by atoms with van der Waals surface area (Å²) in [6.45, 7) is 3.74. The van der Waals surface area contributed by atoms with Gasteiger partial charge < -0.3 is 4.74 Å². The molecule has 82 valence electrons. The van der Waals surface area contributed by atoms with Gasteiger partial charge in [-0.25, -0.2) is 8.78 Å². The minimum Gasteiger partial charge on any atom is -0.372 e. The normalized spacial score (nSPS) is 54.0. The summed E-state index contributed by atoms with van der Waals surface area (Å²) in [5, 5.41) is 0. The second-order valence-corrected chi connectivity index (χ2v) is 4.85. The Hall–Kier alpha value is -0.180. The van der Waals surface area contributed by atoms with Crippen LogP contribution in [0.25, 0.3) is 0 Å². The van der Waals surface area contributed by atoms with Crippen LogP contribution < -0.4 is 0 Å². The van der Waals surface area contributed by atoms with Gasteiger partial charge >= 0.3 is 0 Å². The summed E-state index contributed by atoms with van der Waals surface area (Å²) in [5.41, 5.74) is 0. The lowest BCUT2D eigenvalue weighted by Crippen LogP contribution is -2.50. The van der Waals surface area contributed by atoms with Crippen LogP contribution >= 0.6 is 0 Å². The molecule has 1 saturated carbocycles. The lowest BCUT2D eigenvalue weighted by Gasteiger charge is -2.43. The summed E-state index contributed by atoms with van der Waals surface area (Å²) in [6.07, 6.45) is -0.382. The highest BCUT2D eigenvalue weighted by molar-refractivity contribution is 4.94. The van der Waals surface area contributed by atoms with Crippen molar-refractivity contribution in [3.05, 3.63) is 0 Å². The standard InChI is InChI=1S/C11H18F2O/c1-6-5-8-4-3-7(2)14-11(8)10(13)9(6)12/h6-11H,3-5H2,1-2H3. The van der Waals surface area contributed by atoms with Crippen molar-refractivity contribution in [2.45, 2.75) is 57.7 Å². The van der Waals surface area contributed by atoms with Crippen LogP contribution in [0.4, 0.5) is 8.78 Å². The number of fused-ring (bicyclic) bond motifs is 1. The van der Waals surface area contributed by atoms with E-state index in [0.717, 1.165) is 19.3 Å². The topological polar surface area (TPSA) is 9.23 Å². The average molecular weight is 204 g/mol. The van der Waals surface area contributed by atoms with Gasteiger partial charge in [0.05, 0.1) is 12.2 Å². The number of hydrogen-bond donors (Lipinski definition) is 0. The van der Waals surface area contributed by atoms with Crippen molar-refractivity contribution in [3.8, 4) is 0 Å². The molecule has 1 aliphatic carbocycles. The first-order chi connectivity index (χ1) is 6.59. The third kappa shape index (κ3) is 1.67. The van der Waals surface area contributed by atoms with Gasteiger partial charge in [0.15, 0.2) is 6.17 Å². The lowest BCUT2D eigenvalue weighted by atomic mass is 9.74. The van der Waals surface area contributed by atoms with Crippen LogP contribution in [-0.4, -0.2) is 24.6 Å². The SMILES string of the molecule is CC1CCC2CC(C)C(F)C(F)C2O1. The largest absolute Gasteiger partial charge is 0.372 e. The van der Waals surface area contributed by atoms with Gasteiger partial charge in [-0.15, -0.1) is 0 Å². The summed E-state index contributed by atoms with van der Waals surface area (Å²) in [7, 11) is 0. The maximum absolute atomic E-state index is 13.6. The predicted octanol–water partition coefficient (Wildman–Crippen LogP) is 2.89. The Balaban J connectivity index is 2.08. The first-order valence-electron chi connectivity index (χ1n) is 5.53. The molecule has 2 rings (SSSR count). The minimum absolute atomic E-state index is 0.0927. The van der Waals surface area contributed by atoms with E-state index in [4.69, 9.17) is 4.74 Å². The maximum atomic E-state index is 13.6. The fraction of sp³-hybridized carbons (Fsp3) is 1.00. The van der Waals surface area contributed by atoms with E-state index < -0.39 is 18.4 Å². The van der Waals surface area contributed by atoms with Gasteiger partial charge in [0.25, 0.3) is 0 Å². The van der Waals surface area contributed by atoms with Gasteiger partial charge in [0.1, 0.15) is 6.17 Å².